The Labute approximate surface area is 120 Å². The highest BCUT2D eigenvalue weighted by Gasteiger charge is 2.11. The van der Waals surface area contributed by atoms with E-state index in [1.807, 2.05) is 37.4 Å². The van der Waals surface area contributed by atoms with Gasteiger partial charge in [-0.3, -0.25) is 4.79 Å². The molecule has 2 aromatic carbocycles. The Morgan fingerprint density at radius 1 is 1.05 bits per heavy atom. The predicted molar refractivity (Wildman–Crippen MR) is 85.3 cm³/mol. The molecule has 1 N–H and O–H groups in total. The van der Waals surface area contributed by atoms with Gasteiger partial charge in [-0.15, -0.1) is 0 Å². The number of benzene rings is 2. The van der Waals surface area contributed by atoms with Crippen LogP contribution >= 0.6 is 0 Å². The highest BCUT2D eigenvalue weighted by molar-refractivity contribution is 6.02. The summed E-state index contributed by atoms with van der Waals surface area (Å²) in [4.78, 5) is 12.2. The summed E-state index contributed by atoms with van der Waals surface area (Å²) in [5, 5.41) is 3.14. The molecule has 104 valence electrons. The van der Waals surface area contributed by atoms with E-state index in [1.54, 1.807) is 0 Å². The summed E-state index contributed by atoms with van der Waals surface area (Å²) < 4.78 is 0. The van der Waals surface area contributed by atoms with Crippen molar-refractivity contribution >= 4 is 11.5 Å². The number of ketones is 1. The lowest BCUT2D eigenvalue weighted by molar-refractivity contribution is 0.0980. The minimum atomic E-state index is 0.218. The van der Waals surface area contributed by atoms with E-state index in [4.69, 9.17) is 0 Å². The summed E-state index contributed by atoms with van der Waals surface area (Å²) >= 11 is 0. The number of unbranched alkanes of at least 4 members (excludes halogenated alkanes) is 1. The van der Waals surface area contributed by atoms with E-state index in [9.17, 15) is 4.79 Å². The van der Waals surface area contributed by atoms with E-state index in [1.165, 1.54) is 0 Å². The first-order valence-corrected chi connectivity index (χ1v) is 7.16. The van der Waals surface area contributed by atoms with Gasteiger partial charge in [0.1, 0.15) is 0 Å². The molecule has 0 atom stereocenters. The number of hydrogen-bond acceptors (Lipinski definition) is 2. The van der Waals surface area contributed by atoms with Crippen LogP contribution in [0.1, 0.15) is 36.5 Å². The first-order valence-electron chi connectivity index (χ1n) is 7.16. The van der Waals surface area contributed by atoms with Crippen LogP contribution in [0.4, 0.5) is 5.69 Å². The van der Waals surface area contributed by atoms with Gasteiger partial charge in [-0.1, -0.05) is 49.7 Å². The van der Waals surface area contributed by atoms with Crippen LogP contribution in [0.3, 0.4) is 0 Å². The van der Waals surface area contributed by atoms with Crippen molar-refractivity contribution in [1.82, 2.24) is 0 Å². The van der Waals surface area contributed by atoms with E-state index in [-0.39, 0.29) is 5.78 Å². The predicted octanol–water partition coefficient (Wildman–Crippen LogP) is 4.77. The third kappa shape index (κ3) is 3.27. The smallest absolute Gasteiger partial charge is 0.164 e. The lowest BCUT2D eigenvalue weighted by Gasteiger charge is -2.11. The molecule has 2 heteroatoms. The maximum absolute atomic E-state index is 12.2. The molecule has 0 radical (unpaired) electrons. The van der Waals surface area contributed by atoms with Gasteiger partial charge in [-0.05, 0) is 29.7 Å². The van der Waals surface area contributed by atoms with Crippen LogP contribution in [-0.4, -0.2) is 12.8 Å². The van der Waals surface area contributed by atoms with Crippen LogP contribution in [-0.2, 0) is 0 Å². The number of anilines is 1. The molecule has 2 nitrogen and oxygen atoms in total. The summed E-state index contributed by atoms with van der Waals surface area (Å²) in [5.41, 5.74) is 3.99. The second-order valence-electron chi connectivity index (χ2n) is 4.90. The molecule has 2 rings (SSSR count). The van der Waals surface area contributed by atoms with Crippen molar-refractivity contribution in [3.63, 3.8) is 0 Å². The van der Waals surface area contributed by atoms with Crippen molar-refractivity contribution in [3.05, 3.63) is 54.1 Å². The minimum absolute atomic E-state index is 0.218. The summed E-state index contributed by atoms with van der Waals surface area (Å²) in [7, 11) is 1.86. The van der Waals surface area contributed by atoms with E-state index < -0.39 is 0 Å². The lowest BCUT2D eigenvalue weighted by atomic mass is 9.98. The standard InChI is InChI=1S/C18H21NO/c1-3-4-10-18(20)16-12-11-15(13-17(16)19-2)14-8-6-5-7-9-14/h5-9,11-13,19H,3-4,10H2,1-2H3. The first-order chi connectivity index (χ1) is 9.76. The second kappa shape index (κ2) is 6.90. The normalized spacial score (nSPS) is 10.3. The number of Topliss-reactive ketones (excluding diaryl/α,β-unsaturated/α-hetero) is 1. The fourth-order valence-electron chi connectivity index (χ4n) is 2.28. The fourth-order valence-corrected chi connectivity index (χ4v) is 2.28. The Hall–Kier alpha value is -2.09. The maximum Gasteiger partial charge on any atom is 0.164 e. The zero-order valence-corrected chi connectivity index (χ0v) is 12.1. The van der Waals surface area contributed by atoms with Crippen molar-refractivity contribution in [2.45, 2.75) is 26.2 Å². The Bertz CT molecular complexity index is 575. The van der Waals surface area contributed by atoms with Gasteiger partial charge in [-0.2, -0.15) is 0 Å². The van der Waals surface area contributed by atoms with Gasteiger partial charge in [0.25, 0.3) is 0 Å². The summed E-state index contributed by atoms with van der Waals surface area (Å²) in [5.74, 6) is 0.218. The van der Waals surface area contributed by atoms with Crippen LogP contribution in [0.2, 0.25) is 0 Å². The third-order valence-corrected chi connectivity index (χ3v) is 3.45. The Morgan fingerprint density at radius 2 is 1.80 bits per heavy atom. The molecule has 0 saturated heterocycles. The molecule has 0 amide bonds. The van der Waals surface area contributed by atoms with Crippen LogP contribution < -0.4 is 5.32 Å². The highest BCUT2D eigenvalue weighted by atomic mass is 16.1. The first kappa shape index (κ1) is 14.3. The molecule has 0 unspecified atom stereocenters. The molecule has 0 heterocycles. The van der Waals surface area contributed by atoms with Crippen LogP contribution in [0.5, 0.6) is 0 Å². The molecule has 0 spiro atoms. The Morgan fingerprint density at radius 3 is 2.45 bits per heavy atom. The summed E-state index contributed by atoms with van der Waals surface area (Å²) in [6.45, 7) is 2.10. The average molecular weight is 267 g/mol. The van der Waals surface area contributed by atoms with Gasteiger partial charge < -0.3 is 5.32 Å². The molecule has 0 bridgehead atoms. The molecule has 0 aliphatic heterocycles. The third-order valence-electron chi connectivity index (χ3n) is 3.45. The number of carbonyl (C=O) groups is 1. The number of carbonyl (C=O) groups excluding carboxylic acids is 1. The number of hydrogen-bond donors (Lipinski definition) is 1. The van der Waals surface area contributed by atoms with Crippen LogP contribution in [0, 0.1) is 0 Å². The van der Waals surface area contributed by atoms with E-state index in [0.717, 1.165) is 35.2 Å². The van der Waals surface area contributed by atoms with Gasteiger partial charge >= 0.3 is 0 Å². The maximum atomic E-state index is 12.2. The molecule has 0 saturated carbocycles. The van der Waals surface area contributed by atoms with Gasteiger partial charge in [-0.25, -0.2) is 0 Å². The van der Waals surface area contributed by atoms with Crippen molar-refractivity contribution in [2.75, 3.05) is 12.4 Å². The van der Waals surface area contributed by atoms with Crippen molar-refractivity contribution in [2.24, 2.45) is 0 Å². The van der Waals surface area contributed by atoms with Crippen molar-refractivity contribution in [3.8, 4) is 11.1 Å². The zero-order chi connectivity index (χ0) is 14.4. The Kier molecular flexibility index (Phi) is 4.94. The average Bonchev–Trinajstić information content (AvgIpc) is 2.52. The molecule has 2 aromatic rings. The monoisotopic (exact) mass is 267 g/mol. The SMILES string of the molecule is CCCCC(=O)c1ccc(-c2ccccc2)cc1NC. The number of rotatable bonds is 6. The zero-order valence-electron chi connectivity index (χ0n) is 12.1. The quantitative estimate of drug-likeness (QED) is 0.764. The molecule has 0 aliphatic carbocycles. The van der Waals surface area contributed by atoms with E-state index >= 15 is 0 Å². The van der Waals surface area contributed by atoms with Crippen LogP contribution in [0.15, 0.2) is 48.5 Å². The van der Waals surface area contributed by atoms with E-state index in [0.29, 0.717) is 6.42 Å². The van der Waals surface area contributed by atoms with Crippen molar-refractivity contribution in [1.29, 1.82) is 0 Å². The van der Waals surface area contributed by atoms with Gasteiger partial charge in [0.2, 0.25) is 0 Å². The summed E-state index contributed by atoms with van der Waals surface area (Å²) in [6.07, 6.45) is 2.61. The molecular formula is C18H21NO. The lowest BCUT2D eigenvalue weighted by Crippen LogP contribution is -2.04. The number of nitrogens with one attached hydrogen (secondary N) is 1. The topological polar surface area (TPSA) is 29.1 Å². The molecule has 0 aromatic heterocycles. The van der Waals surface area contributed by atoms with Gasteiger partial charge in [0.05, 0.1) is 0 Å². The largest absolute Gasteiger partial charge is 0.388 e. The van der Waals surface area contributed by atoms with Gasteiger partial charge in [0.15, 0.2) is 5.78 Å². The fraction of sp³-hybridized carbons (Fsp3) is 0.278. The van der Waals surface area contributed by atoms with Crippen molar-refractivity contribution < 1.29 is 4.79 Å². The highest BCUT2D eigenvalue weighted by Crippen LogP contribution is 2.26. The second-order valence-corrected chi connectivity index (χ2v) is 4.90. The molecular weight excluding hydrogens is 246 g/mol. The molecule has 0 aliphatic rings. The minimum Gasteiger partial charge on any atom is -0.388 e. The van der Waals surface area contributed by atoms with Crippen LogP contribution in [0.25, 0.3) is 11.1 Å². The Balaban J connectivity index is 2.31. The molecule has 20 heavy (non-hydrogen) atoms. The van der Waals surface area contributed by atoms with Gasteiger partial charge in [0, 0.05) is 24.7 Å². The molecule has 0 fully saturated rings. The van der Waals surface area contributed by atoms with E-state index in [2.05, 4.69) is 30.4 Å². The summed E-state index contributed by atoms with van der Waals surface area (Å²) in [6, 6.07) is 16.2.